The number of guanidine groups is 1. The Labute approximate surface area is 189 Å². The highest BCUT2D eigenvalue weighted by molar-refractivity contribution is 5.98. The van der Waals surface area contributed by atoms with E-state index in [4.69, 9.17) is 4.74 Å². The fraction of sp³-hybridized carbons (Fsp3) is 0.440. The molecule has 6 nitrogen and oxygen atoms in total. The standard InChI is InChI=1S/C25H31FN4O2/c1-3-32-23-11-10-18(15-21(23)26)16-28-25(27-2)30-17-19(20-7-4-5-8-22(20)30)12-14-29-13-6-9-24(29)31/h4-5,7-8,10-11,15,19H,3,6,9,12-14,16-17H2,1-2H3,(H,27,28). The average molecular weight is 439 g/mol. The quantitative estimate of drug-likeness (QED) is 0.526. The lowest BCUT2D eigenvalue weighted by atomic mass is 9.98. The topological polar surface area (TPSA) is 57.2 Å². The van der Waals surface area contributed by atoms with E-state index in [1.807, 2.05) is 24.0 Å². The molecule has 0 spiro atoms. The van der Waals surface area contributed by atoms with E-state index in [2.05, 4.69) is 33.4 Å². The maximum atomic E-state index is 14.2. The maximum absolute atomic E-state index is 14.2. The number of ether oxygens (including phenoxy) is 1. The third-order valence-corrected chi connectivity index (χ3v) is 6.20. The Kier molecular flexibility index (Phi) is 6.93. The Morgan fingerprint density at radius 3 is 2.84 bits per heavy atom. The van der Waals surface area contributed by atoms with Gasteiger partial charge in [-0.3, -0.25) is 9.79 Å². The molecule has 1 fully saturated rings. The van der Waals surface area contributed by atoms with Crippen molar-refractivity contribution in [3.63, 3.8) is 0 Å². The lowest BCUT2D eigenvalue weighted by Gasteiger charge is -2.23. The van der Waals surface area contributed by atoms with E-state index in [1.165, 1.54) is 11.6 Å². The van der Waals surface area contributed by atoms with Crippen molar-refractivity contribution in [2.45, 2.75) is 38.6 Å². The van der Waals surface area contributed by atoms with Gasteiger partial charge in [0.2, 0.25) is 5.91 Å². The van der Waals surface area contributed by atoms with Crippen LogP contribution in [0.1, 0.15) is 43.2 Å². The molecule has 32 heavy (non-hydrogen) atoms. The van der Waals surface area contributed by atoms with Gasteiger partial charge >= 0.3 is 0 Å². The molecule has 1 saturated heterocycles. The van der Waals surface area contributed by atoms with Gasteiger partial charge in [-0.15, -0.1) is 0 Å². The molecule has 0 saturated carbocycles. The van der Waals surface area contributed by atoms with Crippen molar-refractivity contribution in [1.29, 1.82) is 0 Å². The molecule has 1 atom stereocenters. The molecular formula is C25H31FN4O2. The number of anilines is 1. The van der Waals surface area contributed by atoms with Crippen molar-refractivity contribution in [1.82, 2.24) is 10.2 Å². The van der Waals surface area contributed by atoms with E-state index in [1.54, 1.807) is 13.1 Å². The smallest absolute Gasteiger partial charge is 0.222 e. The van der Waals surface area contributed by atoms with Crippen LogP contribution in [-0.4, -0.2) is 50.1 Å². The van der Waals surface area contributed by atoms with Crippen LogP contribution in [0, 0.1) is 5.82 Å². The number of hydrogen-bond donors (Lipinski definition) is 1. The highest BCUT2D eigenvalue weighted by atomic mass is 19.1. The van der Waals surface area contributed by atoms with E-state index >= 15 is 0 Å². The minimum atomic E-state index is -0.357. The number of benzene rings is 2. The van der Waals surface area contributed by atoms with Crippen LogP contribution in [0.4, 0.5) is 10.1 Å². The zero-order valence-electron chi connectivity index (χ0n) is 18.8. The number of nitrogens with zero attached hydrogens (tertiary/aromatic N) is 3. The van der Waals surface area contributed by atoms with Crippen molar-refractivity contribution in [3.05, 3.63) is 59.4 Å². The van der Waals surface area contributed by atoms with Crippen LogP contribution in [0.2, 0.25) is 0 Å². The summed E-state index contributed by atoms with van der Waals surface area (Å²) in [7, 11) is 1.76. The van der Waals surface area contributed by atoms with Crippen molar-refractivity contribution in [3.8, 4) is 5.75 Å². The summed E-state index contributed by atoms with van der Waals surface area (Å²) in [5.74, 6) is 1.28. The molecule has 170 valence electrons. The van der Waals surface area contributed by atoms with Crippen LogP contribution in [0.3, 0.4) is 0 Å². The van der Waals surface area contributed by atoms with E-state index in [-0.39, 0.29) is 17.5 Å². The largest absolute Gasteiger partial charge is 0.491 e. The number of rotatable bonds is 7. The van der Waals surface area contributed by atoms with Crippen LogP contribution in [0.15, 0.2) is 47.5 Å². The van der Waals surface area contributed by atoms with Crippen LogP contribution < -0.4 is 15.0 Å². The van der Waals surface area contributed by atoms with Crippen LogP contribution >= 0.6 is 0 Å². The number of halogens is 1. The molecule has 2 aliphatic rings. The van der Waals surface area contributed by atoms with Crippen molar-refractivity contribution < 1.29 is 13.9 Å². The normalized spacial score (nSPS) is 18.3. The van der Waals surface area contributed by atoms with Gasteiger partial charge in [0.25, 0.3) is 0 Å². The average Bonchev–Trinajstić information content (AvgIpc) is 3.38. The number of carbonyl (C=O) groups excluding carboxylic acids is 1. The van der Waals surface area contributed by atoms with Gasteiger partial charge in [-0.05, 0) is 49.1 Å². The summed E-state index contributed by atoms with van der Waals surface area (Å²) in [4.78, 5) is 20.7. The molecule has 4 rings (SSSR count). The Hall–Kier alpha value is -3.09. The molecule has 2 heterocycles. The number of para-hydroxylation sites is 1. The molecule has 1 unspecified atom stereocenters. The summed E-state index contributed by atoms with van der Waals surface area (Å²) in [5.41, 5.74) is 3.24. The summed E-state index contributed by atoms with van der Waals surface area (Å²) in [6, 6.07) is 13.4. The van der Waals surface area contributed by atoms with Gasteiger partial charge in [0.05, 0.1) is 6.61 Å². The summed E-state index contributed by atoms with van der Waals surface area (Å²) in [6.07, 6.45) is 2.57. The van der Waals surface area contributed by atoms with Gasteiger partial charge in [-0.25, -0.2) is 4.39 Å². The molecule has 7 heteroatoms. The van der Waals surface area contributed by atoms with E-state index in [0.717, 1.165) is 49.7 Å². The number of carbonyl (C=O) groups is 1. The molecule has 2 aromatic carbocycles. The second-order valence-corrected chi connectivity index (χ2v) is 8.24. The number of likely N-dealkylation sites (tertiary alicyclic amines) is 1. The molecule has 2 aromatic rings. The van der Waals surface area contributed by atoms with E-state index in [0.29, 0.717) is 25.5 Å². The van der Waals surface area contributed by atoms with E-state index < -0.39 is 0 Å². The minimum Gasteiger partial charge on any atom is -0.491 e. The number of amides is 1. The number of fused-ring (bicyclic) bond motifs is 1. The third-order valence-electron chi connectivity index (χ3n) is 6.20. The second kappa shape index (κ2) is 10.0. The SMILES string of the molecule is CCOc1ccc(CNC(=NC)N2CC(CCN3CCCC3=O)c3ccccc32)cc1F. The van der Waals surface area contributed by atoms with Gasteiger partial charge in [0.1, 0.15) is 0 Å². The van der Waals surface area contributed by atoms with Crippen LogP contribution in [0.25, 0.3) is 0 Å². The van der Waals surface area contributed by atoms with Gasteiger partial charge in [0, 0.05) is 51.3 Å². The van der Waals surface area contributed by atoms with E-state index in [9.17, 15) is 9.18 Å². The monoisotopic (exact) mass is 438 g/mol. The molecule has 1 N–H and O–H groups in total. The third kappa shape index (κ3) is 4.71. The first-order valence-electron chi connectivity index (χ1n) is 11.4. The summed E-state index contributed by atoms with van der Waals surface area (Å²) in [5, 5.41) is 3.38. The first kappa shape index (κ1) is 22.1. The second-order valence-electron chi connectivity index (χ2n) is 8.24. The Morgan fingerprint density at radius 1 is 1.28 bits per heavy atom. The summed E-state index contributed by atoms with van der Waals surface area (Å²) in [6.45, 7) is 5.20. The molecule has 1 amide bonds. The van der Waals surface area contributed by atoms with Crippen LogP contribution in [0.5, 0.6) is 5.75 Å². The number of hydrogen-bond acceptors (Lipinski definition) is 3. The highest BCUT2D eigenvalue weighted by Crippen LogP contribution is 2.38. The lowest BCUT2D eigenvalue weighted by molar-refractivity contribution is -0.127. The fourth-order valence-corrected chi connectivity index (χ4v) is 4.60. The van der Waals surface area contributed by atoms with Crippen molar-refractivity contribution in [2.75, 3.05) is 38.2 Å². The van der Waals surface area contributed by atoms with Crippen molar-refractivity contribution >= 4 is 17.6 Å². The molecule has 0 radical (unpaired) electrons. The number of aliphatic imine (C=N–C) groups is 1. The fourth-order valence-electron chi connectivity index (χ4n) is 4.60. The van der Waals surface area contributed by atoms with Gasteiger partial charge < -0.3 is 19.9 Å². The lowest BCUT2D eigenvalue weighted by Crippen LogP contribution is -2.40. The molecular weight excluding hydrogens is 407 g/mol. The molecule has 0 aliphatic carbocycles. The maximum Gasteiger partial charge on any atom is 0.222 e. The van der Waals surface area contributed by atoms with Crippen molar-refractivity contribution in [2.24, 2.45) is 4.99 Å². The first-order chi connectivity index (χ1) is 15.6. The first-order valence-corrected chi connectivity index (χ1v) is 11.4. The van der Waals surface area contributed by atoms with Gasteiger partial charge in [0.15, 0.2) is 17.5 Å². The predicted molar refractivity (Wildman–Crippen MR) is 125 cm³/mol. The number of nitrogens with one attached hydrogen (secondary N) is 1. The molecule has 2 aliphatic heterocycles. The Bertz CT molecular complexity index is 994. The zero-order valence-corrected chi connectivity index (χ0v) is 18.8. The van der Waals surface area contributed by atoms with Gasteiger partial charge in [-0.2, -0.15) is 0 Å². The Balaban J connectivity index is 1.43. The summed E-state index contributed by atoms with van der Waals surface area (Å²) >= 11 is 0. The Morgan fingerprint density at radius 2 is 2.12 bits per heavy atom. The van der Waals surface area contributed by atoms with Gasteiger partial charge in [-0.1, -0.05) is 24.3 Å². The van der Waals surface area contributed by atoms with Crippen LogP contribution in [-0.2, 0) is 11.3 Å². The molecule has 0 bridgehead atoms. The minimum absolute atomic E-state index is 0.271. The predicted octanol–water partition coefficient (Wildman–Crippen LogP) is 3.92. The highest BCUT2D eigenvalue weighted by Gasteiger charge is 2.32. The zero-order chi connectivity index (χ0) is 22.5. The molecule has 0 aromatic heterocycles. The summed E-state index contributed by atoms with van der Waals surface area (Å²) < 4.78 is 19.5.